The summed E-state index contributed by atoms with van der Waals surface area (Å²) < 4.78 is 20.1. The highest BCUT2D eigenvalue weighted by Crippen LogP contribution is 2.69. The zero-order chi connectivity index (χ0) is 29.6. The van der Waals surface area contributed by atoms with Crippen LogP contribution >= 0.6 is 34.7 Å². The molecule has 2 aliphatic carbocycles. The number of amides is 2. The number of aryl methyl sites for hydroxylation is 1. The van der Waals surface area contributed by atoms with Gasteiger partial charge in [-0.05, 0) is 79.1 Å². The second-order valence-corrected chi connectivity index (χ2v) is 14.5. The Morgan fingerprint density at radius 3 is 2.53 bits per heavy atom. The summed E-state index contributed by atoms with van der Waals surface area (Å²) in [6.07, 6.45) is 0.766. The van der Waals surface area contributed by atoms with Gasteiger partial charge in [0.25, 0.3) is 0 Å². The first-order valence-electron chi connectivity index (χ1n) is 14.3. The number of thioether (sulfide) groups is 1. The molecule has 3 aromatic carbocycles. The summed E-state index contributed by atoms with van der Waals surface area (Å²) in [5, 5.41) is 1.41. The fourth-order valence-corrected chi connectivity index (χ4v) is 11.1. The first kappa shape index (κ1) is 27.2. The molecule has 2 saturated carbocycles. The van der Waals surface area contributed by atoms with Crippen LogP contribution in [0.1, 0.15) is 33.9 Å². The molecular weight excluding hydrogens is 607 g/mol. The predicted molar refractivity (Wildman–Crippen MR) is 164 cm³/mol. The molecule has 7 atom stereocenters. The van der Waals surface area contributed by atoms with E-state index < -0.39 is 17.7 Å². The number of fused-ring (bicyclic) bond motifs is 9. The number of carbonyl (C=O) groups excluding carboxylic acids is 2. The number of hydrogen-bond acceptors (Lipinski definition) is 6. The van der Waals surface area contributed by atoms with Gasteiger partial charge in [0.2, 0.25) is 11.8 Å². The van der Waals surface area contributed by atoms with Crippen molar-refractivity contribution in [1.82, 2.24) is 4.98 Å². The van der Waals surface area contributed by atoms with Gasteiger partial charge in [0.15, 0.2) is 0 Å². The van der Waals surface area contributed by atoms with Crippen molar-refractivity contribution in [2.75, 3.05) is 4.90 Å². The van der Waals surface area contributed by atoms with Crippen LogP contribution in [0.15, 0.2) is 76.6 Å². The zero-order valence-corrected chi connectivity index (χ0v) is 25.3. The normalized spacial score (nSPS) is 28.6. The van der Waals surface area contributed by atoms with E-state index in [1.54, 1.807) is 11.8 Å². The smallest absolute Gasteiger partial charge is 0.305 e. The Hall–Kier alpha value is -3.40. The summed E-state index contributed by atoms with van der Waals surface area (Å²) >= 11 is 9.43. The fourth-order valence-electron chi connectivity index (χ4n) is 8.07. The van der Waals surface area contributed by atoms with Crippen LogP contribution in [-0.2, 0) is 16.2 Å². The van der Waals surface area contributed by atoms with E-state index in [9.17, 15) is 18.8 Å². The van der Waals surface area contributed by atoms with Crippen LogP contribution in [-0.4, -0.2) is 22.0 Å². The molecule has 3 heterocycles. The van der Waals surface area contributed by atoms with Crippen molar-refractivity contribution >= 4 is 52.2 Å². The van der Waals surface area contributed by atoms with Crippen LogP contribution < -0.4 is 14.5 Å². The van der Waals surface area contributed by atoms with E-state index >= 15 is 0 Å². The Morgan fingerprint density at radius 2 is 1.77 bits per heavy atom. The second kappa shape index (κ2) is 10.1. The maximum atomic E-state index is 14.0. The number of nitrogens with one attached hydrogen (secondary N) is 1. The van der Waals surface area contributed by atoms with Crippen LogP contribution in [0.5, 0.6) is 5.75 Å². The number of anilines is 1. The van der Waals surface area contributed by atoms with E-state index in [1.165, 1.54) is 40.5 Å². The minimum absolute atomic E-state index is 0.0000887. The van der Waals surface area contributed by atoms with Crippen molar-refractivity contribution in [2.45, 2.75) is 36.1 Å². The molecule has 1 saturated heterocycles. The number of carbonyl (C=O) groups is 2. The molecule has 2 aliphatic heterocycles. The largest absolute Gasteiger partial charge is 0.489 e. The summed E-state index contributed by atoms with van der Waals surface area (Å²) in [4.78, 5) is 45.6. The van der Waals surface area contributed by atoms with Gasteiger partial charge in [0, 0.05) is 26.6 Å². The van der Waals surface area contributed by atoms with Crippen LogP contribution in [0.2, 0.25) is 5.02 Å². The molecule has 4 aromatic rings. The molecule has 1 aromatic heterocycles. The molecule has 8 rings (SSSR count). The minimum Gasteiger partial charge on any atom is -0.489 e. The van der Waals surface area contributed by atoms with Crippen LogP contribution in [0, 0.1) is 42.3 Å². The maximum Gasteiger partial charge on any atom is 0.305 e. The molecule has 0 radical (unpaired) electrons. The number of hydrogen-bond donors (Lipinski definition) is 1. The van der Waals surface area contributed by atoms with E-state index in [1.807, 2.05) is 43.3 Å². The topological polar surface area (TPSA) is 79.5 Å². The molecule has 2 amide bonds. The van der Waals surface area contributed by atoms with Gasteiger partial charge in [-0.2, -0.15) is 0 Å². The first-order chi connectivity index (χ1) is 20.8. The Kier molecular flexibility index (Phi) is 6.37. The lowest BCUT2D eigenvalue weighted by Gasteiger charge is -2.43. The number of aromatic nitrogens is 1. The summed E-state index contributed by atoms with van der Waals surface area (Å²) in [7, 11) is 0. The van der Waals surface area contributed by atoms with E-state index in [0.717, 1.165) is 33.0 Å². The number of halogens is 2. The number of imide groups is 1. The Balaban J connectivity index is 1.20. The first-order valence-corrected chi connectivity index (χ1v) is 16.4. The molecule has 43 heavy (non-hydrogen) atoms. The molecule has 218 valence electrons. The molecule has 3 fully saturated rings. The van der Waals surface area contributed by atoms with Crippen molar-refractivity contribution in [3.8, 4) is 5.75 Å². The third-order valence-electron chi connectivity index (χ3n) is 9.59. The fraction of sp³-hybridized carbons (Fsp3) is 0.303. The van der Waals surface area contributed by atoms with Gasteiger partial charge in [-0.25, -0.2) is 4.39 Å². The highest BCUT2D eigenvalue weighted by atomic mass is 35.5. The molecular formula is C33H26ClFN2O4S2. The zero-order valence-electron chi connectivity index (χ0n) is 23.0. The lowest BCUT2D eigenvalue weighted by molar-refractivity contribution is -0.123. The molecule has 10 heteroatoms. The minimum atomic E-state index is -0.458. The standard InChI is InChI=1S/C33H26ClFN2O4S2/c1-15-3-2-4-16(11-15)14-41-23-10-5-17(34)12-20(23)24-25-21-13-22(28(25)42-30-29(24)43-33(40)36-30)27-26(21)31(38)37(32(27)39)19-8-6-18(35)7-9-19/h2-12,21-22,24-28H,13-14H2,1H3,(H,36,40)/t21-,22-,24+,25+,26+,27+,28-/m1/s1. The molecule has 0 spiro atoms. The Bertz CT molecular complexity index is 1860. The number of benzene rings is 3. The molecule has 6 nitrogen and oxygen atoms in total. The average Bonchev–Trinajstić information content (AvgIpc) is 3.72. The average molecular weight is 633 g/mol. The van der Waals surface area contributed by atoms with Crippen LogP contribution in [0.25, 0.3) is 0 Å². The number of rotatable bonds is 5. The van der Waals surface area contributed by atoms with E-state index in [2.05, 4.69) is 11.1 Å². The molecule has 1 N–H and O–H groups in total. The van der Waals surface area contributed by atoms with E-state index in [0.29, 0.717) is 23.1 Å². The summed E-state index contributed by atoms with van der Waals surface area (Å²) in [5.41, 5.74) is 3.49. The quantitative estimate of drug-likeness (QED) is 0.245. The van der Waals surface area contributed by atoms with Crippen LogP contribution in [0.3, 0.4) is 0 Å². The predicted octanol–water partition coefficient (Wildman–Crippen LogP) is 6.79. The third-order valence-corrected chi connectivity index (χ3v) is 12.4. The maximum absolute atomic E-state index is 14.0. The van der Waals surface area contributed by atoms with Crippen LogP contribution in [0.4, 0.5) is 10.1 Å². The number of H-pyrrole nitrogens is 1. The number of nitrogens with zero attached hydrogens (tertiary/aromatic N) is 1. The van der Waals surface area contributed by atoms with Crippen molar-refractivity contribution in [2.24, 2.45) is 29.6 Å². The summed E-state index contributed by atoms with van der Waals surface area (Å²) in [6.45, 7) is 2.42. The monoisotopic (exact) mass is 632 g/mol. The Morgan fingerprint density at radius 1 is 1.00 bits per heavy atom. The van der Waals surface area contributed by atoms with Gasteiger partial charge in [0.05, 0.1) is 22.5 Å². The number of thiazole rings is 1. The third kappa shape index (κ3) is 4.23. The summed E-state index contributed by atoms with van der Waals surface area (Å²) in [5.74, 6) is -1.36. The van der Waals surface area contributed by atoms with Crippen molar-refractivity contribution in [1.29, 1.82) is 0 Å². The lowest BCUT2D eigenvalue weighted by Crippen LogP contribution is -2.42. The van der Waals surface area contributed by atoms with E-state index in [4.69, 9.17) is 16.3 Å². The van der Waals surface area contributed by atoms with Gasteiger partial charge >= 0.3 is 4.87 Å². The number of ether oxygens (including phenoxy) is 1. The molecule has 4 aliphatic rings. The second-order valence-electron chi connectivity index (χ2n) is 11.9. The van der Waals surface area contributed by atoms with Crippen molar-refractivity contribution in [3.05, 3.63) is 109 Å². The Labute approximate surface area is 260 Å². The molecule has 0 unspecified atom stereocenters. The van der Waals surface area contributed by atoms with Crippen molar-refractivity contribution < 1.29 is 18.7 Å². The van der Waals surface area contributed by atoms with E-state index in [-0.39, 0.29) is 45.6 Å². The highest BCUT2D eigenvalue weighted by Gasteiger charge is 2.69. The van der Waals surface area contributed by atoms with Gasteiger partial charge < -0.3 is 9.72 Å². The molecule has 2 bridgehead atoms. The summed E-state index contributed by atoms with van der Waals surface area (Å²) in [6, 6.07) is 19.3. The number of aromatic amines is 1. The van der Waals surface area contributed by atoms with Gasteiger partial charge in [-0.1, -0.05) is 52.8 Å². The van der Waals surface area contributed by atoms with Gasteiger partial charge in [-0.15, -0.1) is 11.8 Å². The van der Waals surface area contributed by atoms with Gasteiger partial charge in [0.1, 0.15) is 18.2 Å². The van der Waals surface area contributed by atoms with Crippen molar-refractivity contribution in [3.63, 3.8) is 0 Å². The lowest BCUT2D eigenvalue weighted by atomic mass is 9.68. The highest BCUT2D eigenvalue weighted by molar-refractivity contribution is 8.00. The SMILES string of the molecule is Cc1cccc(COc2ccc(Cl)cc2[C@@H]2c3sc(=O)[nH]c3S[C@@H]3[C@@H]4C[C@@H]([C@@H]5C(=O)N(c6ccc(F)cc6)C(=O)[C@@H]45)[C@@H]23)c1. The van der Waals surface area contributed by atoms with Gasteiger partial charge in [-0.3, -0.25) is 19.3 Å².